The van der Waals surface area contributed by atoms with E-state index in [1.807, 2.05) is 24.0 Å². The number of hydrogen-bond acceptors (Lipinski definition) is 3. The third-order valence-corrected chi connectivity index (χ3v) is 3.46. The molecular formula is C11H19N3O. The minimum absolute atomic E-state index is 0.0892. The average Bonchev–Trinajstić information content (AvgIpc) is 2.73. The van der Waals surface area contributed by atoms with E-state index >= 15 is 0 Å². The van der Waals surface area contributed by atoms with Crippen LogP contribution in [0.3, 0.4) is 0 Å². The molecule has 2 atom stereocenters. The Hall–Kier alpha value is -0.870. The maximum Gasteiger partial charge on any atom is 0.122 e. The van der Waals surface area contributed by atoms with Crippen LogP contribution in [0.2, 0.25) is 0 Å². The van der Waals surface area contributed by atoms with Crippen molar-refractivity contribution in [3.8, 4) is 0 Å². The highest BCUT2D eigenvalue weighted by molar-refractivity contribution is 4.97. The lowest BCUT2D eigenvalue weighted by Crippen LogP contribution is -2.47. The molecule has 1 N–H and O–H groups in total. The Morgan fingerprint density at radius 1 is 1.73 bits per heavy atom. The lowest BCUT2D eigenvalue weighted by Gasteiger charge is -2.28. The fourth-order valence-electron chi connectivity index (χ4n) is 1.91. The lowest BCUT2D eigenvalue weighted by molar-refractivity contribution is 0.0878. The number of nitrogens with zero attached hydrogens (tertiary/aromatic N) is 2. The van der Waals surface area contributed by atoms with Crippen LogP contribution in [0.1, 0.15) is 26.1 Å². The van der Waals surface area contributed by atoms with Crippen molar-refractivity contribution in [1.82, 2.24) is 14.9 Å². The molecule has 2 heterocycles. The van der Waals surface area contributed by atoms with E-state index in [1.165, 1.54) is 0 Å². The normalized spacial score (nSPS) is 31.0. The minimum atomic E-state index is 0.0892. The number of ether oxygens (including phenoxy) is 1. The predicted molar refractivity (Wildman–Crippen MR) is 58.5 cm³/mol. The molecule has 0 aromatic carbocycles. The molecule has 0 radical (unpaired) electrons. The molecule has 0 amide bonds. The molecule has 1 aliphatic heterocycles. The number of nitrogens with one attached hydrogen (secondary N) is 1. The fourth-order valence-corrected chi connectivity index (χ4v) is 1.91. The molecule has 2 unspecified atom stereocenters. The van der Waals surface area contributed by atoms with Crippen LogP contribution in [0.5, 0.6) is 0 Å². The third kappa shape index (κ3) is 2.06. The Morgan fingerprint density at radius 2 is 2.53 bits per heavy atom. The van der Waals surface area contributed by atoms with Gasteiger partial charge in [-0.2, -0.15) is 0 Å². The highest BCUT2D eigenvalue weighted by Gasteiger charge is 2.36. The zero-order chi connectivity index (χ0) is 10.9. The predicted octanol–water partition coefficient (Wildman–Crippen LogP) is 1.08. The maximum absolute atomic E-state index is 5.58. The second-order valence-electron chi connectivity index (χ2n) is 4.49. The van der Waals surface area contributed by atoms with Crippen molar-refractivity contribution in [2.45, 2.75) is 38.5 Å². The van der Waals surface area contributed by atoms with Gasteiger partial charge in [0.25, 0.3) is 0 Å². The molecular weight excluding hydrogens is 190 g/mol. The molecule has 1 saturated heterocycles. The monoisotopic (exact) mass is 209 g/mol. The van der Waals surface area contributed by atoms with Gasteiger partial charge in [0, 0.05) is 31.6 Å². The van der Waals surface area contributed by atoms with Crippen molar-refractivity contribution in [2.75, 3.05) is 6.61 Å². The van der Waals surface area contributed by atoms with Crippen LogP contribution in [0.15, 0.2) is 12.4 Å². The van der Waals surface area contributed by atoms with E-state index in [0.29, 0.717) is 0 Å². The van der Waals surface area contributed by atoms with Crippen LogP contribution in [0.4, 0.5) is 0 Å². The first-order chi connectivity index (χ1) is 7.12. The Balaban J connectivity index is 1.96. The first-order valence-corrected chi connectivity index (χ1v) is 5.45. The Bertz CT molecular complexity index is 336. The summed E-state index contributed by atoms with van der Waals surface area (Å²) in [5, 5.41) is 3.54. The molecule has 2 rings (SSSR count). The standard InChI is InChI=1S/C11H19N3O/c1-9-11(2,4-7-15-9)13-8-10-12-5-6-14(10)3/h5-6,9,13H,4,7-8H2,1-3H3. The van der Waals surface area contributed by atoms with Gasteiger partial charge in [-0.15, -0.1) is 0 Å². The third-order valence-electron chi connectivity index (χ3n) is 3.46. The smallest absolute Gasteiger partial charge is 0.122 e. The summed E-state index contributed by atoms with van der Waals surface area (Å²) in [6, 6.07) is 0. The summed E-state index contributed by atoms with van der Waals surface area (Å²) < 4.78 is 7.62. The van der Waals surface area contributed by atoms with Crippen molar-refractivity contribution in [2.24, 2.45) is 7.05 Å². The number of aromatic nitrogens is 2. The van der Waals surface area contributed by atoms with Crippen LogP contribution in [-0.2, 0) is 18.3 Å². The van der Waals surface area contributed by atoms with Gasteiger partial charge in [0.1, 0.15) is 5.82 Å². The molecule has 0 spiro atoms. The topological polar surface area (TPSA) is 39.1 Å². The summed E-state index contributed by atoms with van der Waals surface area (Å²) in [6.07, 6.45) is 5.14. The summed E-state index contributed by atoms with van der Waals surface area (Å²) in [5.41, 5.74) is 0.0892. The van der Waals surface area contributed by atoms with E-state index in [9.17, 15) is 0 Å². The zero-order valence-corrected chi connectivity index (χ0v) is 9.66. The van der Waals surface area contributed by atoms with Crippen LogP contribution in [-0.4, -0.2) is 27.8 Å². The first kappa shape index (κ1) is 10.6. The van der Waals surface area contributed by atoms with Gasteiger partial charge in [0.05, 0.1) is 12.6 Å². The summed E-state index contributed by atoms with van der Waals surface area (Å²) >= 11 is 0. The molecule has 1 aliphatic rings. The quantitative estimate of drug-likeness (QED) is 0.809. The van der Waals surface area contributed by atoms with E-state index < -0.39 is 0 Å². The molecule has 1 aromatic rings. The maximum atomic E-state index is 5.58. The molecule has 15 heavy (non-hydrogen) atoms. The minimum Gasteiger partial charge on any atom is -0.377 e. The SMILES string of the molecule is CC1OCCC1(C)NCc1nccn1C. The van der Waals surface area contributed by atoms with Crippen molar-refractivity contribution in [1.29, 1.82) is 0 Å². The molecule has 0 aliphatic carbocycles. The zero-order valence-electron chi connectivity index (χ0n) is 9.66. The van der Waals surface area contributed by atoms with Crippen molar-refractivity contribution < 1.29 is 4.74 Å². The van der Waals surface area contributed by atoms with Crippen molar-refractivity contribution >= 4 is 0 Å². The van der Waals surface area contributed by atoms with E-state index in [2.05, 4.69) is 24.1 Å². The summed E-state index contributed by atoms with van der Waals surface area (Å²) in [5.74, 6) is 1.07. The van der Waals surface area contributed by atoms with E-state index in [-0.39, 0.29) is 11.6 Å². The molecule has 1 aromatic heterocycles. The van der Waals surface area contributed by atoms with Gasteiger partial charge < -0.3 is 14.6 Å². The van der Waals surface area contributed by atoms with Crippen LogP contribution < -0.4 is 5.32 Å². The largest absolute Gasteiger partial charge is 0.377 e. The van der Waals surface area contributed by atoms with Crippen molar-refractivity contribution in [3.05, 3.63) is 18.2 Å². The van der Waals surface area contributed by atoms with Crippen LogP contribution in [0, 0.1) is 0 Å². The number of hydrogen-bond donors (Lipinski definition) is 1. The molecule has 4 heteroatoms. The second kappa shape index (κ2) is 3.94. The summed E-state index contributed by atoms with van der Waals surface area (Å²) in [4.78, 5) is 4.29. The van der Waals surface area contributed by atoms with E-state index in [1.54, 1.807) is 0 Å². The molecule has 4 nitrogen and oxygen atoms in total. The van der Waals surface area contributed by atoms with Gasteiger partial charge in [-0.3, -0.25) is 0 Å². The van der Waals surface area contributed by atoms with Gasteiger partial charge in [-0.25, -0.2) is 4.98 Å². The van der Waals surface area contributed by atoms with E-state index in [4.69, 9.17) is 4.74 Å². The van der Waals surface area contributed by atoms with Gasteiger partial charge in [-0.05, 0) is 20.3 Å². The summed E-state index contributed by atoms with van der Waals surface area (Å²) in [7, 11) is 2.01. The highest BCUT2D eigenvalue weighted by atomic mass is 16.5. The number of aryl methyl sites for hydroxylation is 1. The summed E-state index contributed by atoms with van der Waals surface area (Å²) in [6.45, 7) is 5.99. The van der Waals surface area contributed by atoms with Gasteiger partial charge in [0.2, 0.25) is 0 Å². The molecule has 0 bridgehead atoms. The van der Waals surface area contributed by atoms with Gasteiger partial charge in [-0.1, -0.05) is 0 Å². The molecule has 1 fully saturated rings. The first-order valence-electron chi connectivity index (χ1n) is 5.45. The molecule has 0 saturated carbocycles. The fraction of sp³-hybridized carbons (Fsp3) is 0.727. The van der Waals surface area contributed by atoms with E-state index in [0.717, 1.165) is 25.4 Å². The number of imidazole rings is 1. The number of rotatable bonds is 3. The Labute approximate surface area is 90.6 Å². The van der Waals surface area contributed by atoms with Gasteiger partial charge >= 0.3 is 0 Å². The van der Waals surface area contributed by atoms with Crippen molar-refractivity contribution in [3.63, 3.8) is 0 Å². The molecule has 84 valence electrons. The lowest BCUT2D eigenvalue weighted by atomic mass is 9.95. The average molecular weight is 209 g/mol. The highest BCUT2D eigenvalue weighted by Crippen LogP contribution is 2.25. The van der Waals surface area contributed by atoms with Crippen LogP contribution >= 0.6 is 0 Å². The Kier molecular flexibility index (Phi) is 2.80. The van der Waals surface area contributed by atoms with Crippen LogP contribution in [0.25, 0.3) is 0 Å². The Morgan fingerprint density at radius 3 is 3.07 bits per heavy atom. The van der Waals surface area contributed by atoms with Gasteiger partial charge in [0.15, 0.2) is 0 Å². The second-order valence-corrected chi connectivity index (χ2v) is 4.49.